The molecule has 4 nitrogen and oxygen atoms in total. The maximum atomic E-state index is 12.4. The largest absolute Gasteiger partial charge is 0.362 e. The molecule has 1 aliphatic heterocycles. The number of para-hydroxylation sites is 1. The molecule has 0 aromatic heterocycles. The van der Waals surface area contributed by atoms with Crippen LogP contribution in [0.15, 0.2) is 54.6 Å². The minimum Gasteiger partial charge on any atom is -0.362 e. The molecule has 0 aliphatic carbocycles. The normalized spacial score (nSPS) is 14.1. The van der Waals surface area contributed by atoms with Gasteiger partial charge in [0.05, 0.1) is 12.6 Å². The van der Waals surface area contributed by atoms with Crippen molar-refractivity contribution in [1.29, 1.82) is 0 Å². The van der Waals surface area contributed by atoms with Gasteiger partial charge in [0.1, 0.15) is 0 Å². The first-order chi connectivity index (χ1) is 11.6. The molecule has 124 valence electrons. The van der Waals surface area contributed by atoms with Gasteiger partial charge in [0.2, 0.25) is 5.91 Å². The molecular weight excluding hydrogens is 300 g/mol. The molecule has 1 aliphatic rings. The van der Waals surface area contributed by atoms with Crippen LogP contribution in [-0.2, 0) is 22.4 Å². The van der Waals surface area contributed by atoms with Crippen LogP contribution >= 0.6 is 0 Å². The fourth-order valence-corrected chi connectivity index (χ4v) is 3.13. The van der Waals surface area contributed by atoms with Crippen LogP contribution in [0.5, 0.6) is 0 Å². The summed E-state index contributed by atoms with van der Waals surface area (Å²) in [5.41, 5.74) is 3.44. The molecule has 0 saturated carbocycles. The lowest BCUT2D eigenvalue weighted by atomic mass is 10.0. The van der Waals surface area contributed by atoms with Gasteiger partial charge in [0, 0.05) is 12.2 Å². The molecule has 3 rings (SSSR count). The molecule has 1 N–H and O–H groups in total. The molecule has 0 fully saturated rings. The quantitative estimate of drug-likeness (QED) is 0.888. The van der Waals surface area contributed by atoms with Crippen LogP contribution in [0.3, 0.4) is 0 Å². The summed E-state index contributed by atoms with van der Waals surface area (Å²) in [6, 6.07) is 17.4. The molecule has 1 atom stereocenters. The van der Waals surface area contributed by atoms with E-state index in [1.54, 1.807) is 0 Å². The maximum absolute atomic E-state index is 12.4. The molecule has 2 aromatic rings. The minimum atomic E-state index is -0.474. The van der Waals surface area contributed by atoms with Gasteiger partial charge in [-0.15, -0.1) is 0 Å². The Bertz CT molecular complexity index is 727. The number of nitrogens with one attached hydrogen (secondary N) is 1. The summed E-state index contributed by atoms with van der Waals surface area (Å²) in [5.74, 6) is -0.128. The van der Waals surface area contributed by atoms with Crippen LogP contribution in [0.4, 0.5) is 5.69 Å². The molecule has 2 aromatic carbocycles. The number of Topliss-reactive ketones (excluding diaryl/α,β-unsaturated/α-hetero) is 1. The molecule has 24 heavy (non-hydrogen) atoms. The Morgan fingerprint density at radius 1 is 1.08 bits per heavy atom. The van der Waals surface area contributed by atoms with E-state index < -0.39 is 6.04 Å². The highest BCUT2D eigenvalue weighted by atomic mass is 16.2. The van der Waals surface area contributed by atoms with Crippen molar-refractivity contribution in [2.45, 2.75) is 25.8 Å². The summed E-state index contributed by atoms with van der Waals surface area (Å²) in [6.07, 6.45) is 1.49. The molecule has 0 spiro atoms. The van der Waals surface area contributed by atoms with E-state index in [-0.39, 0.29) is 18.2 Å². The second-order valence-electron chi connectivity index (χ2n) is 6.22. The van der Waals surface area contributed by atoms with E-state index in [0.717, 1.165) is 24.2 Å². The summed E-state index contributed by atoms with van der Waals surface area (Å²) in [4.78, 5) is 26.4. The number of fused-ring (bicyclic) bond motifs is 1. The topological polar surface area (TPSA) is 49.4 Å². The molecular formula is C20H22N2O2. The van der Waals surface area contributed by atoms with Gasteiger partial charge in [-0.1, -0.05) is 48.5 Å². The summed E-state index contributed by atoms with van der Waals surface area (Å²) in [5, 5.41) is 2.89. The van der Waals surface area contributed by atoms with Crippen molar-refractivity contribution in [3.05, 3.63) is 65.7 Å². The van der Waals surface area contributed by atoms with Crippen molar-refractivity contribution in [3.63, 3.8) is 0 Å². The van der Waals surface area contributed by atoms with Crippen LogP contribution in [0.1, 0.15) is 18.1 Å². The number of nitrogens with zero attached hydrogens (tertiary/aromatic N) is 1. The van der Waals surface area contributed by atoms with Crippen molar-refractivity contribution >= 4 is 17.4 Å². The van der Waals surface area contributed by atoms with E-state index in [9.17, 15) is 9.59 Å². The monoisotopic (exact) mass is 322 g/mol. The van der Waals surface area contributed by atoms with Gasteiger partial charge in [0.25, 0.3) is 0 Å². The third-order valence-corrected chi connectivity index (χ3v) is 4.43. The first-order valence-corrected chi connectivity index (χ1v) is 8.30. The zero-order valence-electron chi connectivity index (χ0n) is 13.9. The predicted molar refractivity (Wildman–Crippen MR) is 95.1 cm³/mol. The summed E-state index contributed by atoms with van der Waals surface area (Å²) in [6.45, 7) is 2.66. The lowest BCUT2D eigenvalue weighted by molar-refractivity contribution is -0.126. The average Bonchev–Trinajstić information content (AvgIpc) is 2.98. The molecule has 0 saturated heterocycles. The van der Waals surface area contributed by atoms with Crippen molar-refractivity contribution in [1.82, 2.24) is 5.32 Å². The Kier molecular flexibility index (Phi) is 4.94. The third kappa shape index (κ3) is 3.82. The molecule has 0 unspecified atom stereocenters. The Balaban J connectivity index is 1.61. The first kappa shape index (κ1) is 16.2. The Morgan fingerprint density at radius 2 is 1.79 bits per heavy atom. The Morgan fingerprint density at radius 3 is 2.54 bits per heavy atom. The summed E-state index contributed by atoms with van der Waals surface area (Å²) < 4.78 is 0. The fourth-order valence-electron chi connectivity index (χ4n) is 3.13. The van der Waals surface area contributed by atoms with Gasteiger partial charge in [-0.2, -0.15) is 0 Å². The van der Waals surface area contributed by atoms with E-state index in [2.05, 4.69) is 16.3 Å². The van der Waals surface area contributed by atoms with Crippen molar-refractivity contribution in [2.24, 2.45) is 0 Å². The van der Waals surface area contributed by atoms with E-state index in [0.29, 0.717) is 6.42 Å². The SMILES string of the molecule is CC(=O)[C@@H](Cc1ccccc1)NC(=O)CN1CCc2ccccc21. The van der Waals surface area contributed by atoms with Gasteiger partial charge in [-0.05, 0) is 37.0 Å². The number of hydrogen-bond acceptors (Lipinski definition) is 3. The first-order valence-electron chi connectivity index (χ1n) is 8.30. The van der Waals surface area contributed by atoms with Crippen molar-refractivity contribution in [3.8, 4) is 0 Å². The van der Waals surface area contributed by atoms with E-state index in [4.69, 9.17) is 0 Å². The standard InChI is InChI=1S/C20H22N2O2/c1-15(23)18(13-16-7-3-2-4-8-16)21-20(24)14-22-12-11-17-9-5-6-10-19(17)22/h2-10,18H,11-14H2,1H3,(H,21,24)/t18-/m1/s1. The van der Waals surface area contributed by atoms with Crippen LogP contribution in [0.2, 0.25) is 0 Å². The van der Waals surface area contributed by atoms with Gasteiger partial charge >= 0.3 is 0 Å². The van der Waals surface area contributed by atoms with E-state index in [1.165, 1.54) is 12.5 Å². The number of anilines is 1. The van der Waals surface area contributed by atoms with Crippen molar-refractivity contribution < 1.29 is 9.59 Å². The average molecular weight is 322 g/mol. The predicted octanol–water partition coefficient (Wildman–Crippen LogP) is 2.37. The smallest absolute Gasteiger partial charge is 0.240 e. The molecule has 0 bridgehead atoms. The van der Waals surface area contributed by atoms with E-state index >= 15 is 0 Å². The lowest BCUT2D eigenvalue weighted by Gasteiger charge is -2.21. The highest BCUT2D eigenvalue weighted by Crippen LogP contribution is 2.26. The number of ketones is 1. The second kappa shape index (κ2) is 7.30. The van der Waals surface area contributed by atoms with Gasteiger partial charge in [-0.3, -0.25) is 9.59 Å². The highest BCUT2D eigenvalue weighted by Gasteiger charge is 2.23. The zero-order valence-corrected chi connectivity index (χ0v) is 13.9. The molecule has 1 amide bonds. The van der Waals surface area contributed by atoms with Gasteiger partial charge in [0.15, 0.2) is 5.78 Å². The highest BCUT2D eigenvalue weighted by molar-refractivity contribution is 5.89. The maximum Gasteiger partial charge on any atom is 0.240 e. The number of rotatable bonds is 6. The minimum absolute atomic E-state index is 0.0194. The van der Waals surface area contributed by atoms with Crippen LogP contribution in [0, 0.1) is 0 Å². The second-order valence-corrected chi connectivity index (χ2v) is 6.22. The van der Waals surface area contributed by atoms with E-state index in [1.807, 2.05) is 48.5 Å². The molecule has 0 radical (unpaired) electrons. The Hall–Kier alpha value is -2.62. The fraction of sp³-hybridized carbons (Fsp3) is 0.300. The number of carbonyl (C=O) groups excluding carboxylic acids is 2. The van der Waals surface area contributed by atoms with Gasteiger partial charge in [-0.25, -0.2) is 0 Å². The van der Waals surface area contributed by atoms with Crippen LogP contribution < -0.4 is 10.2 Å². The molecule has 4 heteroatoms. The zero-order chi connectivity index (χ0) is 16.9. The number of benzene rings is 2. The number of amides is 1. The third-order valence-electron chi connectivity index (χ3n) is 4.43. The summed E-state index contributed by atoms with van der Waals surface area (Å²) in [7, 11) is 0. The van der Waals surface area contributed by atoms with Crippen LogP contribution in [-0.4, -0.2) is 30.8 Å². The van der Waals surface area contributed by atoms with Gasteiger partial charge < -0.3 is 10.2 Å². The Labute approximate surface area is 142 Å². The lowest BCUT2D eigenvalue weighted by Crippen LogP contribution is -2.45. The van der Waals surface area contributed by atoms with Crippen molar-refractivity contribution in [2.75, 3.05) is 18.0 Å². The number of hydrogen-bond donors (Lipinski definition) is 1. The molecule has 1 heterocycles. The number of carbonyl (C=O) groups is 2. The summed E-state index contributed by atoms with van der Waals surface area (Å²) >= 11 is 0. The van der Waals surface area contributed by atoms with Crippen LogP contribution in [0.25, 0.3) is 0 Å².